The van der Waals surface area contributed by atoms with E-state index in [9.17, 15) is 14.3 Å². The zero-order valence-corrected chi connectivity index (χ0v) is 20.1. The van der Waals surface area contributed by atoms with Crippen LogP contribution in [-0.4, -0.2) is 25.2 Å². The number of carbonyl (C=O) groups is 1. The summed E-state index contributed by atoms with van der Waals surface area (Å²) in [6.07, 6.45) is -2.52. The van der Waals surface area contributed by atoms with Crippen molar-refractivity contribution in [3.8, 4) is 17.2 Å². The van der Waals surface area contributed by atoms with Gasteiger partial charge in [0.25, 0.3) is 0 Å². The van der Waals surface area contributed by atoms with Gasteiger partial charge in [-0.25, -0.2) is 13.2 Å². The molecule has 4 rings (SSSR count). The van der Waals surface area contributed by atoms with Crippen molar-refractivity contribution >= 4 is 11.5 Å². The summed E-state index contributed by atoms with van der Waals surface area (Å²) < 4.78 is 57.3. The van der Waals surface area contributed by atoms with Crippen molar-refractivity contribution in [2.24, 2.45) is 0 Å². The summed E-state index contributed by atoms with van der Waals surface area (Å²) in [5, 5.41) is 12.9. The molecule has 2 N–H and O–H groups in total. The number of amides is 1. The second-order valence-corrected chi connectivity index (χ2v) is 8.58. The fraction of sp³-hybridized carbons (Fsp3) is 0.250. The predicted octanol–water partition coefficient (Wildman–Crippen LogP) is 5.92. The van der Waals surface area contributed by atoms with E-state index in [2.05, 4.69) is 5.32 Å². The van der Waals surface area contributed by atoms with Crippen LogP contribution in [0.1, 0.15) is 41.8 Å². The minimum atomic E-state index is -2.69. The Morgan fingerprint density at radius 3 is 2.31 bits per heavy atom. The number of methoxy groups -OCH3 is 2. The monoisotopic (exact) mass is 497 g/mol. The molecule has 36 heavy (non-hydrogen) atoms. The average molecular weight is 498 g/mol. The lowest BCUT2D eigenvalue weighted by Crippen LogP contribution is -2.26. The van der Waals surface area contributed by atoms with Gasteiger partial charge < -0.3 is 19.9 Å². The molecule has 1 aliphatic carbocycles. The van der Waals surface area contributed by atoms with Crippen molar-refractivity contribution in [2.75, 3.05) is 14.2 Å². The van der Waals surface area contributed by atoms with Crippen LogP contribution in [0.2, 0.25) is 0 Å². The Hall–Kier alpha value is -3.94. The lowest BCUT2D eigenvalue weighted by atomic mass is 9.84. The van der Waals surface area contributed by atoms with Gasteiger partial charge in [-0.2, -0.15) is 0 Å². The number of benzene rings is 3. The number of alkyl halides is 2. The van der Waals surface area contributed by atoms with Crippen molar-refractivity contribution in [1.29, 1.82) is 0 Å². The third-order valence-electron chi connectivity index (χ3n) is 6.51. The number of allylic oxidation sites excluding steroid dienone is 1. The first-order chi connectivity index (χ1) is 17.2. The van der Waals surface area contributed by atoms with Gasteiger partial charge in [0.2, 0.25) is 11.7 Å². The molecular formula is C28H26F3NO4. The molecular weight excluding hydrogens is 471 g/mol. The first kappa shape index (κ1) is 25.2. The highest BCUT2D eigenvalue weighted by atomic mass is 19.2. The molecule has 0 bridgehead atoms. The Morgan fingerprint density at radius 2 is 1.69 bits per heavy atom. The molecule has 3 aromatic rings. The van der Waals surface area contributed by atoms with Gasteiger partial charge in [0.05, 0.1) is 20.6 Å². The molecule has 0 spiro atoms. The SMILES string of the molecule is COc1cc(C(F)C2(F)C(C)=C(CC(=O)NCc3ccccc3)c3cc(F)ccc32)cc(OC)c1O. The van der Waals surface area contributed by atoms with Crippen LogP contribution < -0.4 is 14.8 Å². The number of aromatic hydroxyl groups is 1. The van der Waals surface area contributed by atoms with E-state index in [0.717, 1.165) is 17.7 Å². The van der Waals surface area contributed by atoms with Gasteiger partial charge in [0, 0.05) is 12.1 Å². The number of carbonyl (C=O) groups excluding carboxylic acids is 1. The van der Waals surface area contributed by atoms with Crippen LogP contribution >= 0.6 is 0 Å². The average Bonchev–Trinajstić information content (AvgIpc) is 3.09. The van der Waals surface area contributed by atoms with E-state index < -0.39 is 23.6 Å². The maximum atomic E-state index is 16.8. The van der Waals surface area contributed by atoms with Gasteiger partial charge in [-0.3, -0.25) is 4.79 Å². The minimum absolute atomic E-state index is 0.0310. The number of fused-ring (bicyclic) bond motifs is 1. The van der Waals surface area contributed by atoms with E-state index >= 15 is 8.78 Å². The maximum absolute atomic E-state index is 16.8. The van der Waals surface area contributed by atoms with Crippen molar-refractivity contribution in [3.05, 3.63) is 94.3 Å². The minimum Gasteiger partial charge on any atom is -0.502 e. The van der Waals surface area contributed by atoms with Gasteiger partial charge in [-0.05, 0) is 59.0 Å². The number of phenols is 1. The Kier molecular flexibility index (Phi) is 6.97. The quantitative estimate of drug-likeness (QED) is 0.406. The summed E-state index contributed by atoms with van der Waals surface area (Å²) in [5.41, 5.74) is -1.70. The summed E-state index contributed by atoms with van der Waals surface area (Å²) in [6, 6.07) is 15.0. The molecule has 2 unspecified atom stereocenters. The van der Waals surface area contributed by atoms with Gasteiger partial charge in [-0.1, -0.05) is 36.4 Å². The van der Waals surface area contributed by atoms with E-state index in [0.29, 0.717) is 0 Å². The Bertz CT molecular complexity index is 1300. The first-order valence-corrected chi connectivity index (χ1v) is 11.3. The number of halogens is 3. The highest BCUT2D eigenvalue weighted by molar-refractivity contribution is 5.93. The van der Waals surface area contributed by atoms with Gasteiger partial charge in [-0.15, -0.1) is 0 Å². The molecule has 0 saturated carbocycles. The molecule has 0 heterocycles. The van der Waals surface area contributed by atoms with Gasteiger partial charge in [0.1, 0.15) is 5.82 Å². The molecule has 1 amide bonds. The van der Waals surface area contributed by atoms with Crippen LogP contribution in [-0.2, 0) is 17.0 Å². The summed E-state index contributed by atoms with van der Waals surface area (Å²) in [7, 11) is 2.56. The van der Waals surface area contributed by atoms with E-state index in [4.69, 9.17) is 9.47 Å². The fourth-order valence-corrected chi connectivity index (χ4v) is 4.57. The van der Waals surface area contributed by atoms with Crippen molar-refractivity contribution in [2.45, 2.75) is 31.7 Å². The zero-order chi connectivity index (χ0) is 26.0. The molecule has 3 aromatic carbocycles. The number of rotatable bonds is 8. The molecule has 5 nitrogen and oxygen atoms in total. The third-order valence-corrected chi connectivity index (χ3v) is 6.51. The topological polar surface area (TPSA) is 67.8 Å². The lowest BCUT2D eigenvalue weighted by Gasteiger charge is -2.28. The number of hydrogen-bond donors (Lipinski definition) is 2. The predicted molar refractivity (Wildman–Crippen MR) is 130 cm³/mol. The van der Waals surface area contributed by atoms with E-state index in [1.807, 2.05) is 30.3 Å². The van der Waals surface area contributed by atoms with Crippen LogP contribution in [0.3, 0.4) is 0 Å². The maximum Gasteiger partial charge on any atom is 0.224 e. The van der Waals surface area contributed by atoms with Crippen LogP contribution in [0, 0.1) is 5.82 Å². The van der Waals surface area contributed by atoms with Gasteiger partial charge >= 0.3 is 0 Å². The third kappa shape index (κ3) is 4.39. The van der Waals surface area contributed by atoms with Crippen LogP contribution in [0.15, 0.2) is 66.2 Å². The lowest BCUT2D eigenvalue weighted by molar-refractivity contribution is -0.120. The molecule has 0 radical (unpaired) electrons. The smallest absolute Gasteiger partial charge is 0.224 e. The largest absolute Gasteiger partial charge is 0.502 e. The van der Waals surface area contributed by atoms with Crippen molar-refractivity contribution in [1.82, 2.24) is 5.32 Å². The van der Waals surface area contributed by atoms with Crippen molar-refractivity contribution in [3.63, 3.8) is 0 Å². The molecule has 0 aromatic heterocycles. The van der Waals surface area contributed by atoms with Crippen LogP contribution in [0.5, 0.6) is 17.2 Å². The Balaban J connectivity index is 1.72. The zero-order valence-electron chi connectivity index (χ0n) is 20.1. The molecule has 0 fully saturated rings. The standard InChI is InChI=1S/C28H26F3NO4/c1-16-20(14-25(33)32-15-17-7-5-4-6-8-17)21-13-19(29)9-10-22(21)28(16,31)27(30)18-11-23(35-2)26(34)24(12-18)36-3/h4-13,27,34H,14-15H2,1-3H3,(H,32,33). The summed E-state index contributed by atoms with van der Waals surface area (Å²) >= 11 is 0. The molecule has 1 aliphatic rings. The Labute approximate surface area is 207 Å². The highest BCUT2D eigenvalue weighted by Gasteiger charge is 2.51. The van der Waals surface area contributed by atoms with Crippen LogP contribution in [0.25, 0.3) is 5.57 Å². The summed E-state index contributed by atoms with van der Waals surface area (Å²) in [6.45, 7) is 1.67. The van der Waals surface area contributed by atoms with E-state index in [1.54, 1.807) is 0 Å². The summed E-state index contributed by atoms with van der Waals surface area (Å²) in [5.74, 6) is -1.56. The normalized spacial score (nSPS) is 17.5. The summed E-state index contributed by atoms with van der Waals surface area (Å²) in [4.78, 5) is 12.8. The first-order valence-electron chi connectivity index (χ1n) is 11.3. The van der Waals surface area contributed by atoms with E-state index in [1.165, 1.54) is 39.3 Å². The molecule has 0 aliphatic heterocycles. The number of hydrogen-bond acceptors (Lipinski definition) is 4. The van der Waals surface area contributed by atoms with Gasteiger partial charge in [0.15, 0.2) is 23.3 Å². The van der Waals surface area contributed by atoms with E-state index in [-0.39, 0.29) is 58.1 Å². The highest BCUT2D eigenvalue weighted by Crippen LogP contribution is 2.57. The molecule has 8 heteroatoms. The number of ether oxygens (including phenoxy) is 2. The molecule has 0 saturated heterocycles. The second kappa shape index (κ2) is 9.97. The number of nitrogens with one attached hydrogen (secondary N) is 1. The second-order valence-electron chi connectivity index (χ2n) is 8.58. The van der Waals surface area contributed by atoms with Crippen molar-refractivity contribution < 1.29 is 32.5 Å². The number of phenolic OH excluding ortho intramolecular Hbond substituents is 1. The molecule has 188 valence electrons. The molecule has 2 atom stereocenters. The fourth-order valence-electron chi connectivity index (χ4n) is 4.57. The van der Waals surface area contributed by atoms with Crippen LogP contribution in [0.4, 0.5) is 13.2 Å². The Morgan fingerprint density at radius 1 is 1.06 bits per heavy atom.